The Balaban J connectivity index is 2.55. The Bertz CT molecular complexity index is 478. The van der Waals surface area contributed by atoms with E-state index in [1.165, 1.54) is 0 Å². The fourth-order valence-corrected chi connectivity index (χ4v) is 1.24. The van der Waals surface area contributed by atoms with Crippen LogP contribution in [0, 0.1) is 16.2 Å². The van der Waals surface area contributed by atoms with Gasteiger partial charge in [-0.1, -0.05) is 12.1 Å². The largest absolute Gasteiger partial charge is 0.339 e. The summed E-state index contributed by atoms with van der Waals surface area (Å²) in [4.78, 5) is 17.2. The number of aromatic amines is 1. The number of nitroso groups, excluding NO2 is 1. The van der Waals surface area contributed by atoms with E-state index >= 15 is 0 Å². The van der Waals surface area contributed by atoms with Gasteiger partial charge < -0.3 is 4.98 Å². The molecule has 68 valence electrons. The van der Waals surface area contributed by atoms with Gasteiger partial charge in [0, 0.05) is 0 Å². The van der Waals surface area contributed by atoms with Crippen molar-refractivity contribution in [3.05, 3.63) is 35.0 Å². The van der Waals surface area contributed by atoms with E-state index in [0.29, 0.717) is 5.82 Å². The molecule has 0 saturated carbocycles. The maximum absolute atomic E-state index is 10.3. The molecule has 1 aromatic carbocycles. The highest BCUT2D eigenvalue weighted by Crippen LogP contribution is 2.17. The number of benzene rings is 1. The van der Waals surface area contributed by atoms with Gasteiger partial charge in [-0.2, -0.15) is 5.26 Å². The predicted molar refractivity (Wildman–Crippen MR) is 50.2 cm³/mol. The fraction of sp³-hybridized carbons (Fsp3) is 0.111. The lowest BCUT2D eigenvalue weighted by atomic mass is 10.3. The van der Waals surface area contributed by atoms with Crippen LogP contribution in [0.1, 0.15) is 11.9 Å². The highest BCUT2D eigenvalue weighted by Gasteiger charge is 2.14. The first kappa shape index (κ1) is 8.38. The lowest BCUT2D eigenvalue weighted by molar-refractivity contribution is 0.843. The quantitative estimate of drug-likeness (QED) is 0.727. The number of aromatic nitrogens is 2. The van der Waals surface area contributed by atoms with Gasteiger partial charge in [-0.15, -0.1) is 4.91 Å². The lowest BCUT2D eigenvalue weighted by Crippen LogP contribution is -1.92. The number of hydrogen-bond acceptors (Lipinski definition) is 4. The van der Waals surface area contributed by atoms with Crippen molar-refractivity contribution in [2.75, 3.05) is 0 Å². The molecule has 14 heavy (non-hydrogen) atoms. The van der Waals surface area contributed by atoms with Gasteiger partial charge in [0.25, 0.3) is 0 Å². The van der Waals surface area contributed by atoms with Crippen LogP contribution in [0.25, 0.3) is 11.0 Å². The van der Waals surface area contributed by atoms with Crippen LogP contribution in [-0.2, 0) is 0 Å². The van der Waals surface area contributed by atoms with Crippen LogP contribution in [0.5, 0.6) is 0 Å². The molecule has 0 spiro atoms. The number of nitriles is 1. The van der Waals surface area contributed by atoms with Gasteiger partial charge in [0.2, 0.25) is 6.04 Å². The summed E-state index contributed by atoms with van der Waals surface area (Å²) in [7, 11) is 0. The Kier molecular flexibility index (Phi) is 1.95. The molecule has 0 amide bonds. The zero-order chi connectivity index (χ0) is 9.97. The molecule has 0 saturated heterocycles. The maximum atomic E-state index is 10.3. The van der Waals surface area contributed by atoms with Crippen molar-refractivity contribution in [3.8, 4) is 6.07 Å². The smallest absolute Gasteiger partial charge is 0.235 e. The first-order valence-electron chi connectivity index (χ1n) is 4.02. The first-order valence-corrected chi connectivity index (χ1v) is 4.02. The summed E-state index contributed by atoms with van der Waals surface area (Å²) in [5.41, 5.74) is 1.53. The molecule has 1 N–H and O–H groups in total. The second-order valence-corrected chi connectivity index (χ2v) is 2.78. The van der Waals surface area contributed by atoms with E-state index in [-0.39, 0.29) is 0 Å². The molecule has 0 bridgehead atoms. The van der Waals surface area contributed by atoms with Gasteiger partial charge in [0.15, 0.2) is 5.82 Å². The zero-order valence-corrected chi connectivity index (χ0v) is 7.14. The van der Waals surface area contributed by atoms with E-state index in [4.69, 9.17) is 5.26 Å². The van der Waals surface area contributed by atoms with Gasteiger partial charge in [-0.3, -0.25) is 0 Å². The molecule has 1 atom stereocenters. The number of hydrogen-bond donors (Lipinski definition) is 1. The van der Waals surface area contributed by atoms with Crippen molar-refractivity contribution in [2.24, 2.45) is 5.18 Å². The Hall–Kier alpha value is -2.22. The van der Waals surface area contributed by atoms with Crippen LogP contribution in [-0.4, -0.2) is 9.97 Å². The Morgan fingerprint density at radius 1 is 1.50 bits per heavy atom. The van der Waals surface area contributed by atoms with E-state index in [1.54, 1.807) is 12.1 Å². The highest BCUT2D eigenvalue weighted by molar-refractivity contribution is 5.74. The van der Waals surface area contributed by atoms with Crippen molar-refractivity contribution < 1.29 is 0 Å². The zero-order valence-electron chi connectivity index (χ0n) is 7.14. The summed E-state index contributed by atoms with van der Waals surface area (Å²) in [5, 5.41) is 11.3. The van der Waals surface area contributed by atoms with E-state index < -0.39 is 6.04 Å². The molecule has 0 aliphatic rings. The normalized spacial score (nSPS) is 12.2. The van der Waals surface area contributed by atoms with Crippen molar-refractivity contribution in [1.82, 2.24) is 9.97 Å². The average molecular weight is 186 g/mol. The average Bonchev–Trinajstić information content (AvgIpc) is 2.63. The second-order valence-electron chi connectivity index (χ2n) is 2.78. The van der Waals surface area contributed by atoms with Crippen LogP contribution in [0.4, 0.5) is 0 Å². The van der Waals surface area contributed by atoms with Gasteiger partial charge in [0.1, 0.15) is 6.07 Å². The van der Waals surface area contributed by atoms with Crippen LogP contribution < -0.4 is 0 Å². The third-order valence-electron chi connectivity index (χ3n) is 1.89. The number of fused-ring (bicyclic) bond motifs is 1. The molecule has 2 aromatic rings. The number of nitrogens with zero attached hydrogens (tertiary/aromatic N) is 3. The molecular formula is C9H6N4O. The first-order chi connectivity index (χ1) is 6.85. The molecular weight excluding hydrogens is 180 g/mol. The Morgan fingerprint density at radius 2 is 2.29 bits per heavy atom. The lowest BCUT2D eigenvalue weighted by Gasteiger charge is -1.90. The van der Waals surface area contributed by atoms with Gasteiger partial charge in [-0.25, -0.2) is 4.98 Å². The van der Waals surface area contributed by atoms with E-state index in [2.05, 4.69) is 15.1 Å². The van der Waals surface area contributed by atoms with Crippen LogP contribution in [0.2, 0.25) is 0 Å². The van der Waals surface area contributed by atoms with Gasteiger partial charge in [-0.05, 0) is 17.3 Å². The highest BCUT2D eigenvalue weighted by atomic mass is 16.3. The Morgan fingerprint density at radius 3 is 2.93 bits per heavy atom. The fourth-order valence-electron chi connectivity index (χ4n) is 1.24. The standard InChI is InChI=1S/C9H6N4O/c10-5-8(13-14)9-11-6-3-1-2-4-7(6)12-9/h1-4,8H,(H,11,12). The molecule has 5 heteroatoms. The third kappa shape index (κ3) is 1.23. The van der Waals surface area contributed by atoms with E-state index in [0.717, 1.165) is 11.0 Å². The van der Waals surface area contributed by atoms with Gasteiger partial charge >= 0.3 is 0 Å². The Labute approximate surface area is 79.4 Å². The number of imidazole rings is 1. The van der Waals surface area contributed by atoms with Crippen LogP contribution in [0.3, 0.4) is 0 Å². The summed E-state index contributed by atoms with van der Waals surface area (Å²) in [6, 6.07) is 8.01. The monoisotopic (exact) mass is 186 g/mol. The number of para-hydroxylation sites is 2. The topological polar surface area (TPSA) is 81.9 Å². The van der Waals surface area contributed by atoms with E-state index in [1.807, 2.05) is 18.2 Å². The van der Waals surface area contributed by atoms with Gasteiger partial charge in [0.05, 0.1) is 11.0 Å². The molecule has 1 unspecified atom stereocenters. The summed E-state index contributed by atoms with van der Waals surface area (Å²) < 4.78 is 0. The predicted octanol–water partition coefficient (Wildman–Crippen LogP) is 1.89. The second kappa shape index (κ2) is 3.26. The minimum absolute atomic E-state index is 0.295. The maximum Gasteiger partial charge on any atom is 0.235 e. The molecule has 0 fully saturated rings. The van der Waals surface area contributed by atoms with Crippen molar-refractivity contribution >= 4 is 11.0 Å². The molecule has 5 nitrogen and oxygen atoms in total. The summed E-state index contributed by atoms with van der Waals surface area (Å²) in [5.74, 6) is 0.295. The van der Waals surface area contributed by atoms with Crippen molar-refractivity contribution in [3.63, 3.8) is 0 Å². The molecule has 1 heterocycles. The molecule has 0 radical (unpaired) electrons. The van der Waals surface area contributed by atoms with E-state index in [9.17, 15) is 4.91 Å². The molecule has 0 aliphatic heterocycles. The minimum Gasteiger partial charge on any atom is -0.339 e. The molecule has 1 aromatic heterocycles. The molecule has 0 aliphatic carbocycles. The van der Waals surface area contributed by atoms with Crippen molar-refractivity contribution in [1.29, 1.82) is 5.26 Å². The van der Waals surface area contributed by atoms with Crippen molar-refractivity contribution in [2.45, 2.75) is 6.04 Å². The third-order valence-corrected chi connectivity index (χ3v) is 1.89. The number of nitrogens with one attached hydrogen (secondary N) is 1. The molecule has 2 rings (SSSR count). The number of rotatable bonds is 2. The summed E-state index contributed by atoms with van der Waals surface area (Å²) >= 11 is 0. The van der Waals surface area contributed by atoms with Crippen LogP contribution >= 0.6 is 0 Å². The SMILES string of the molecule is N#CC(N=O)c1nc2ccccc2[nH]1. The summed E-state index contributed by atoms with van der Waals surface area (Å²) in [6.07, 6.45) is 0. The van der Waals surface area contributed by atoms with Crippen LogP contribution in [0.15, 0.2) is 29.4 Å². The minimum atomic E-state index is -1.05. The summed E-state index contributed by atoms with van der Waals surface area (Å²) in [6.45, 7) is 0. The number of H-pyrrole nitrogens is 1.